The summed E-state index contributed by atoms with van der Waals surface area (Å²) < 4.78 is 16.5. The fraction of sp³-hybridized carbons (Fsp3) is 0.529. The number of rotatable bonds is 2. The second-order valence-corrected chi connectivity index (χ2v) is 6.75. The van der Waals surface area contributed by atoms with Gasteiger partial charge in [-0.25, -0.2) is 4.79 Å². The van der Waals surface area contributed by atoms with Crippen molar-refractivity contribution in [2.45, 2.75) is 36.2 Å². The van der Waals surface area contributed by atoms with Crippen molar-refractivity contribution in [1.29, 1.82) is 5.26 Å². The van der Waals surface area contributed by atoms with E-state index in [1.807, 2.05) is 44.3 Å². The number of methoxy groups -OCH3 is 1. The van der Waals surface area contributed by atoms with Crippen LogP contribution in [0.1, 0.15) is 24.9 Å². The summed E-state index contributed by atoms with van der Waals surface area (Å²) in [5, 5.41) is 9.47. The minimum atomic E-state index is -1.42. The molecule has 3 saturated heterocycles. The molecule has 3 heterocycles. The minimum absolute atomic E-state index is 0.0544. The lowest BCUT2D eigenvalue weighted by atomic mass is 9.73. The predicted octanol–water partition coefficient (Wildman–Crippen LogP) is 1.42. The molecular weight excluding hydrogens is 296 g/mol. The lowest BCUT2D eigenvalue weighted by Gasteiger charge is -2.44. The van der Waals surface area contributed by atoms with Gasteiger partial charge in [-0.3, -0.25) is 4.90 Å². The van der Waals surface area contributed by atoms with E-state index in [2.05, 4.69) is 4.90 Å². The van der Waals surface area contributed by atoms with Gasteiger partial charge in [-0.15, -0.1) is 0 Å². The molecule has 0 bridgehead atoms. The molecule has 4 rings (SSSR count). The molecule has 0 radical (unpaired) electrons. The van der Waals surface area contributed by atoms with Crippen LogP contribution in [0.3, 0.4) is 0 Å². The normalized spacial score (nSPS) is 41.5. The van der Waals surface area contributed by atoms with Crippen LogP contribution in [0.5, 0.6) is 5.75 Å². The Labute approximate surface area is 134 Å². The number of esters is 1. The van der Waals surface area contributed by atoms with Gasteiger partial charge in [0.15, 0.2) is 11.2 Å². The number of carbonyl (C=O) groups excluding carboxylic acids is 1. The summed E-state index contributed by atoms with van der Waals surface area (Å²) in [6.45, 7) is 2.39. The van der Waals surface area contributed by atoms with E-state index >= 15 is 0 Å². The van der Waals surface area contributed by atoms with Crippen LogP contribution in [0, 0.1) is 11.3 Å². The molecule has 0 aliphatic carbocycles. The summed E-state index contributed by atoms with van der Waals surface area (Å²) in [5.41, 5.74) is -1.94. The van der Waals surface area contributed by atoms with Gasteiger partial charge in [-0.05, 0) is 31.7 Å². The Morgan fingerprint density at radius 2 is 2.09 bits per heavy atom. The van der Waals surface area contributed by atoms with Gasteiger partial charge in [0, 0.05) is 19.0 Å². The maximum Gasteiger partial charge on any atom is 0.357 e. The van der Waals surface area contributed by atoms with Crippen LogP contribution in [0.2, 0.25) is 0 Å². The molecule has 1 spiro atoms. The highest BCUT2D eigenvalue weighted by Crippen LogP contribution is 2.67. The third kappa shape index (κ3) is 1.56. The van der Waals surface area contributed by atoms with Gasteiger partial charge >= 0.3 is 5.97 Å². The van der Waals surface area contributed by atoms with Gasteiger partial charge < -0.3 is 14.2 Å². The SMILES string of the molecule is COc1ccc([C@@H]2C[C@]34O[C@]3(C#N)C(=O)O[C@]4(C)CN2C)cc1. The van der Waals surface area contributed by atoms with E-state index in [1.165, 1.54) is 0 Å². The number of hydrogen-bond acceptors (Lipinski definition) is 6. The predicted molar refractivity (Wildman–Crippen MR) is 79.6 cm³/mol. The Hall–Kier alpha value is -2.10. The smallest absolute Gasteiger partial charge is 0.357 e. The van der Waals surface area contributed by atoms with Crippen molar-refractivity contribution >= 4 is 5.97 Å². The van der Waals surface area contributed by atoms with Crippen molar-refractivity contribution in [2.24, 2.45) is 0 Å². The molecule has 3 aliphatic heterocycles. The van der Waals surface area contributed by atoms with Crippen molar-refractivity contribution in [2.75, 3.05) is 20.7 Å². The molecule has 1 aromatic carbocycles. The molecule has 0 unspecified atom stereocenters. The van der Waals surface area contributed by atoms with Crippen molar-refractivity contribution in [3.8, 4) is 11.8 Å². The third-order valence-corrected chi connectivity index (χ3v) is 5.54. The minimum Gasteiger partial charge on any atom is -0.497 e. The average molecular weight is 314 g/mol. The standard InChI is InChI=1S/C17H18N2O4/c1-15-10-19(2)13(11-4-6-12(21-3)7-5-11)8-17(15)16(9-18,23-17)14(20)22-15/h4-7,13H,8,10H2,1-3H3/t13-,15+,16+,17+/m0/s1. The molecule has 3 fully saturated rings. The molecular formula is C17H18N2O4. The van der Waals surface area contributed by atoms with Crippen molar-refractivity contribution in [3.05, 3.63) is 29.8 Å². The van der Waals surface area contributed by atoms with E-state index in [0.717, 1.165) is 11.3 Å². The first-order valence-corrected chi connectivity index (χ1v) is 7.60. The number of piperidine rings is 1. The second-order valence-electron chi connectivity index (χ2n) is 6.75. The number of likely N-dealkylation sites (N-methyl/N-ethyl adjacent to an activating group) is 1. The number of nitrogens with zero attached hydrogens (tertiary/aromatic N) is 2. The van der Waals surface area contributed by atoms with Crippen LogP contribution in [-0.4, -0.2) is 48.4 Å². The zero-order valence-electron chi connectivity index (χ0n) is 13.3. The quantitative estimate of drug-likeness (QED) is 0.607. The van der Waals surface area contributed by atoms with Gasteiger partial charge in [-0.1, -0.05) is 12.1 Å². The largest absolute Gasteiger partial charge is 0.497 e. The maximum absolute atomic E-state index is 12.2. The van der Waals surface area contributed by atoms with E-state index in [0.29, 0.717) is 13.0 Å². The number of ether oxygens (including phenoxy) is 3. The van der Waals surface area contributed by atoms with Gasteiger partial charge in [0.1, 0.15) is 11.8 Å². The van der Waals surface area contributed by atoms with E-state index < -0.39 is 22.8 Å². The van der Waals surface area contributed by atoms with E-state index in [1.54, 1.807) is 7.11 Å². The molecule has 4 atom stereocenters. The highest BCUT2D eigenvalue weighted by atomic mass is 16.7. The fourth-order valence-electron chi connectivity index (χ4n) is 4.21. The molecule has 0 aromatic heterocycles. The zero-order chi connectivity index (χ0) is 16.5. The number of likely N-dealkylation sites (tertiary alicyclic amines) is 1. The highest BCUT2D eigenvalue weighted by molar-refractivity contribution is 5.93. The van der Waals surface area contributed by atoms with Crippen molar-refractivity contribution in [1.82, 2.24) is 4.90 Å². The monoisotopic (exact) mass is 314 g/mol. The first-order chi connectivity index (χ1) is 10.9. The van der Waals surface area contributed by atoms with Gasteiger partial charge in [-0.2, -0.15) is 5.26 Å². The first kappa shape index (κ1) is 14.5. The molecule has 0 N–H and O–H groups in total. The molecule has 0 saturated carbocycles. The fourth-order valence-corrected chi connectivity index (χ4v) is 4.21. The Morgan fingerprint density at radius 3 is 2.65 bits per heavy atom. The summed E-state index contributed by atoms with van der Waals surface area (Å²) in [7, 11) is 3.63. The Morgan fingerprint density at radius 1 is 1.39 bits per heavy atom. The number of nitriles is 1. The number of hydrogen-bond donors (Lipinski definition) is 0. The van der Waals surface area contributed by atoms with Crippen LogP contribution < -0.4 is 4.74 Å². The molecule has 120 valence electrons. The summed E-state index contributed by atoms with van der Waals surface area (Å²) in [6, 6.07) is 9.94. The van der Waals surface area contributed by atoms with E-state index in [4.69, 9.17) is 14.2 Å². The maximum atomic E-state index is 12.2. The Kier molecular flexibility index (Phi) is 2.68. The van der Waals surface area contributed by atoms with E-state index in [-0.39, 0.29) is 6.04 Å². The third-order valence-electron chi connectivity index (χ3n) is 5.54. The van der Waals surface area contributed by atoms with Crippen LogP contribution in [0.25, 0.3) is 0 Å². The Balaban J connectivity index is 1.70. The van der Waals surface area contributed by atoms with Crippen molar-refractivity contribution in [3.63, 3.8) is 0 Å². The summed E-state index contributed by atoms with van der Waals surface area (Å²) >= 11 is 0. The van der Waals surface area contributed by atoms with Crippen LogP contribution in [0.4, 0.5) is 0 Å². The molecule has 3 aliphatic rings. The molecule has 6 nitrogen and oxygen atoms in total. The van der Waals surface area contributed by atoms with Crippen molar-refractivity contribution < 1.29 is 19.0 Å². The number of carbonyl (C=O) groups is 1. The summed E-state index contributed by atoms with van der Waals surface area (Å²) in [5.74, 6) is 0.245. The summed E-state index contributed by atoms with van der Waals surface area (Å²) in [6.07, 6.45) is 0.547. The lowest BCUT2D eigenvalue weighted by Crippen LogP contribution is -2.57. The lowest BCUT2D eigenvalue weighted by molar-refractivity contribution is -0.173. The van der Waals surface area contributed by atoms with Gasteiger partial charge in [0.05, 0.1) is 7.11 Å². The molecule has 23 heavy (non-hydrogen) atoms. The summed E-state index contributed by atoms with van der Waals surface area (Å²) in [4.78, 5) is 14.3. The topological polar surface area (TPSA) is 75.1 Å². The highest BCUT2D eigenvalue weighted by Gasteiger charge is 2.90. The van der Waals surface area contributed by atoms with Crippen LogP contribution in [-0.2, 0) is 14.3 Å². The molecule has 0 amide bonds. The van der Waals surface area contributed by atoms with E-state index in [9.17, 15) is 10.1 Å². The number of benzene rings is 1. The molecule has 1 aromatic rings. The van der Waals surface area contributed by atoms with Crippen LogP contribution in [0.15, 0.2) is 24.3 Å². The second kappa shape index (κ2) is 4.25. The molecule has 6 heteroatoms. The number of epoxide rings is 1. The first-order valence-electron chi connectivity index (χ1n) is 7.60. The Bertz CT molecular complexity index is 727. The average Bonchev–Trinajstić information content (AvgIpc) is 3.17. The van der Waals surface area contributed by atoms with Gasteiger partial charge in [0.25, 0.3) is 5.60 Å². The van der Waals surface area contributed by atoms with Gasteiger partial charge in [0.2, 0.25) is 0 Å². The zero-order valence-corrected chi connectivity index (χ0v) is 13.3. The van der Waals surface area contributed by atoms with Crippen LogP contribution >= 0.6 is 0 Å².